The molecule has 2 heterocycles. The minimum absolute atomic E-state index is 0.0826. The van der Waals surface area contributed by atoms with Gasteiger partial charge in [-0.2, -0.15) is 0 Å². The molecule has 1 N–H and O–H groups in total. The van der Waals surface area contributed by atoms with E-state index in [4.69, 9.17) is 16.0 Å². The smallest absolute Gasteiger partial charge is 0.276 e. The van der Waals surface area contributed by atoms with Gasteiger partial charge in [0.15, 0.2) is 5.69 Å². The van der Waals surface area contributed by atoms with Crippen LogP contribution >= 0.6 is 11.6 Å². The number of hydrogen-bond donors (Lipinski definition) is 1. The molecule has 0 spiro atoms. The van der Waals surface area contributed by atoms with Crippen LogP contribution in [0.4, 0.5) is 11.4 Å². The van der Waals surface area contributed by atoms with Crippen molar-refractivity contribution in [3.05, 3.63) is 101 Å². The van der Waals surface area contributed by atoms with Gasteiger partial charge >= 0.3 is 0 Å². The Kier molecular flexibility index (Phi) is 7.94. The lowest BCUT2D eigenvalue weighted by Crippen LogP contribution is -2.27. The maximum absolute atomic E-state index is 13.4. The molecule has 8 nitrogen and oxygen atoms in total. The Morgan fingerprint density at radius 2 is 1.84 bits per heavy atom. The van der Waals surface area contributed by atoms with Crippen LogP contribution in [0.1, 0.15) is 47.1 Å². The highest BCUT2D eigenvalue weighted by Crippen LogP contribution is 2.26. The summed E-state index contributed by atoms with van der Waals surface area (Å²) in [6.45, 7) is 4.96. The number of carbonyl (C=O) groups is 1. The molecule has 0 saturated carbocycles. The van der Waals surface area contributed by atoms with Gasteiger partial charge < -0.3 is 14.6 Å². The van der Waals surface area contributed by atoms with E-state index < -0.39 is 20.9 Å². The molecule has 1 amide bonds. The summed E-state index contributed by atoms with van der Waals surface area (Å²) in [5.74, 6) is 0.461. The largest absolute Gasteiger partial charge is 0.467 e. The first-order valence-electron chi connectivity index (χ1n) is 11.6. The first-order valence-corrected chi connectivity index (χ1v) is 13.9. The SMILES string of the molecule is CC(C)c1ccc(CN(Cc2ccco2)c2cnc(S(C)(=O)=O)nc2C(=O)Nc2cccc(Cl)c2)cc1. The normalized spacial score (nSPS) is 11.5. The molecule has 0 radical (unpaired) electrons. The first kappa shape index (κ1) is 26.4. The van der Waals surface area contributed by atoms with Gasteiger partial charge in [-0.05, 0) is 47.4 Å². The standard InChI is InChI=1S/C27H27ClN4O4S/c1-18(2)20-11-9-19(10-12-20)16-32(17-23-8-5-13-36-23)24-15-29-27(37(3,34)35)31-25(24)26(33)30-22-7-4-6-21(28)14-22/h4-15,18H,16-17H2,1-3H3,(H,30,33). The molecule has 0 bridgehead atoms. The number of benzene rings is 2. The highest BCUT2D eigenvalue weighted by molar-refractivity contribution is 7.90. The van der Waals surface area contributed by atoms with E-state index in [0.29, 0.717) is 41.2 Å². The second kappa shape index (κ2) is 11.1. The fourth-order valence-electron chi connectivity index (χ4n) is 3.74. The van der Waals surface area contributed by atoms with Gasteiger partial charge in [0.05, 0.1) is 24.7 Å². The monoisotopic (exact) mass is 538 g/mol. The van der Waals surface area contributed by atoms with E-state index in [2.05, 4.69) is 41.3 Å². The van der Waals surface area contributed by atoms with E-state index in [1.54, 1.807) is 36.6 Å². The van der Waals surface area contributed by atoms with Crippen LogP contribution in [0.15, 0.2) is 82.7 Å². The third-order valence-electron chi connectivity index (χ3n) is 5.66. The molecule has 0 fully saturated rings. The Hall–Kier alpha value is -3.69. The number of anilines is 2. The zero-order valence-corrected chi connectivity index (χ0v) is 22.3. The zero-order chi connectivity index (χ0) is 26.6. The Morgan fingerprint density at radius 3 is 2.46 bits per heavy atom. The second-order valence-corrected chi connectivity index (χ2v) is 11.3. The van der Waals surface area contributed by atoms with Crippen LogP contribution < -0.4 is 10.2 Å². The van der Waals surface area contributed by atoms with Gasteiger partial charge in [-0.3, -0.25) is 4.79 Å². The molecule has 0 aliphatic rings. The molecule has 37 heavy (non-hydrogen) atoms. The fraction of sp³-hybridized carbons (Fsp3) is 0.222. The summed E-state index contributed by atoms with van der Waals surface area (Å²) in [7, 11) is -3.76. The lowest BCUT2D eigenvalue weighted by molar-refractivity contribution is 0.102. The summed E-state index contributed by atoms with van der Waals surface area (Å²) in [4.78, 5) is 23.5. The molecule has 10 heteroatoms. The van der Waals surface area contributed by atoms with Gasteiger partial charge in [0.25, 0.3) is 5.91 Å². The van der Waals surface area contributed by atoms with Gasteiger partial charge in [0.1, 0.15) is 5.76 Å². The predicted octanol–water partition coefficient (Wildman–Crippen LogP) is 5.71. The van der Waals surface area contributed by atoms with E-state index in [-0.39, 0.29) is 5.69 Å². The molecule has 2 aromatic heterocycles. The van der Waals surface area contributed by atoms with Crippen LogP contribution in [0.2, 0.25) is 5.02 Å². The van der Waals surface area contributed by atoms with Gasteiger partial charge in [-0.15, -0.1) is 0 Å². The summed E-state index contributed by atoms with van der Waals surface area (Å²) < 4.78 is 30.0. The zero-order valence-electron chi connectivity index (χ0n) is 20.7. The third kappa shape index (κ3) is 6.75. The number of halogens is 1. The van der Waals surface area contributed by atoms with E-state index in [9.17, 15) is 13.2 Å². The Labute approximate surface area is 221 Å². The number of aromatic nitrogens is 2. The van der Waals surface area contributed by atoms with E-state index >= 15 is 0 Å². The van der Waals surface area contributed by atoms with Crippen LogP contribution in [0.25, 0.3) is 0 Å². The van der Waals surface area contributed by atoms with E-state index in [1.807, 2.05) is 23.1 Å². The molecule has 0 atom stereocenters. The van der Waals surface area contributed by atoms with Crippen LogP contribution in [-0.4, -0.2) is 30.5 Å². The molecule has 0 saturated heterocycles. The summed E-state index contributed by atoms with van der Waals surface area (Å²) >= 11 is 6.07. The van der Waals surface area contributed by atoms with Crippen LogP contribution in [0.3, 0.4) is 0 Å². The fourth-order valence-corrected chi connectivity index (χ4v) is 4.43. The maximum atomic E-state index is 13.4. The lowest BCUT2D eigenvalue weighted by Gasteiger charge is -2.25. The topological polar surface area (TPSA) is 105 Å². The number of carbonyl (C=O) groups excluding carboxylic acids is 1. The first-order chi connectivity index (χ1) is 17.6. The number of rotatable bonds is 9. The molecule has 192 valence electrons. The summed E-state index contributed by atoms with van der Waals surface area (Å²) in [5.41, 5.74) is 2.93. The molecule has 4 aromatic rings. The van der Waals surface area contributed by atoms with Gasteiger partial charge in [-0.25, -0.2) is 18.4 Å². The number of amides is 1. The minimum atomic E-state index is -3.76. The molecular formula is C27H27ClN4O4S. The van der Waals surface area contributed by atoms with Crippen molar-refractivity contribution in [1.82, 2.24) is 9.97 Å². The predicted molar refractivity (Wildman–Crippen MR) is 144 cm³/mol. The lowest BCUT2D eigenvalue weighted by atomic mass is 10.0. The molecule has 0 aliphatic heterocycles. The number of sulfone groups is 1. The van der Waals surface area contributed by atoms with Gasteiger partial charge in [0.2, 0.25) is 15.0 Å². The second-order valence-electron chi connectivity index (χ2n) is 8.95. The van der Waals surface area contributed by atoms with Crippen molar-refractivity contribution in [2.75, 3.05) is 16.5 Å². The van der Waals surface area contributed by atoms with Crippen molar-refractivity contribution in [2.45, 2.75) is 38.0 Å². The maximum Gasteiger partial charge on any atom is 0.276 e. The molecule has 4 rings (SSSR count). The van der Waals surface area contributed by atoms with Crippen molar-refractivity contribution in [1.29, 1.82) is 0 Å². The summed E-state index contributed by atoms with van der Waals surface area (Å²) in [6.07, 6.45) is 3.93. The van der Waals surface area contributed by atoms with Crippen LogP contribution in [0.5, 0.6) is 0 Å². The Bertz CT molecular complexity index is 1490. The highest BCUT2D eigenvalue weighted by atomic mass is 35.5. The van der Waals surface area contributed by atoms with E-state index in [1.165, 1.54) is 11.8 Å². The summed E-state index contributed by atoms with van der Waals surface area (Å²) in [6, 6.07) is 18.5. The minimum Gasteiger partial charge on any atom is -0.467 e. The van der Waals surface area contributed by atoms with Crippen LogP contribution in [-0.2, 0) is 22.9 Å². The Morgan fingerprint density at radius 1 is 1.08 bits per heavy atom. The number of hydrogen-bond acceptors (Lipinski definition) is 7. The molecular weight excluding hydrogens is 512 g/mol. The van der Waals surface area contributed by atoms with Crippen LogP contribution in [0, 0.1) is 0 Å². The van der Waals surface area contributed by atoms with Gasteiger partial charge in [-0.1, -0.05) is 55.8 Å². The Balaban J connectivity index is 1.76. The number of nitrogens with one attached hydrogen (secondary N) is 1. The average Bonchev–Trinajstić information content (AvgIpc) is 3.36. The van der Waals surface area contributed by atoms with Crippen molar-refractivity contribution < 1.29 is 17.6 Å². The van der Waals surface area contributed by atoms with Crippen molar-refractivity contribution >= 4 is 38.7 Å². The van der Waals surface area contributed by atoms with Crippen molar-refractivity contribution in [2.24, 2.45) is 0 Å². The van der Waals surface area contributed by atoms with Gasteiger partial charge in [0, 0.05) is 23.5 Å². The quantitative estimate of drug-likeness (QED) is 0.272. The van der Waals surface area contributed by atoms with Crippen molar-refractivity contribution in [3.63, 3.8) is 0 Å². The molecule has 0 aliphatic carbocycles. The number of nitrogens with zero attached hydrogens (tertiary/aromatic N) is 3. The average molecular weight is 539 g/mol. The van der Waals surface area contributed by atoms with Crippen molar-refractivity contribution in [3.8, 4) is 0 Å². The molecule has 2 aromatic carbocycles. The highest BCUT2D eigenvalue weighted by Gasteiger charge is 2.24. The third-order valence-corrected chi connectivity index (χ3v) is 6.76. The number of furan rings is 1. The summed E-state index contributed by atoms with van der Waals surface area (Å²) in [5, 5.41) is 2.76. The van der Waals surface area contributed by atoms with E-state index in [0.717, 1.165) is 11.8 Å². The molecule has 0 unspecified atom stereocenters.